The minimum atomic E-state index is -0.618. The van der Waals surface area contributed by atoms with Crippen LogP contribution >= 0.6 is 23.8 Å². The highest BCUT2D eigenvalue weighted by Crippen LogP contribution is 2.08. The molecule has 0 aromatic carbocycles. The lowest BCUT2D eigenvalue weighted by atomic mass is 10.2. The number of amides is 1. The van der Waals surface area contributed by atoms with E-state index < -0.39 is 6.09 Å². The van der Waals surface area contributed by atoms with Gasteiger partial charge in [0.25, 0.3) is 0 Å². The van der Waals surface area contributed by atoms with Crippen molar-refractivity contribution in [2.24, 2.45) is 9.98 Å². The summed E-state index contributed by atoms with van der Waals surface area (Å²) in [4.78, 5) is 19.9. The van der Waals surface area contributed by atoms with Crippen molar-refractivity contribution in [3.05, 3.63) is 52.6 Å². The molecule has 8 heteroatoms. The predicted octanol–water partition coefficient (Wildman–Crippen LogP) is 2.55. The van der Waals surface area contributed by atoms with E-state index in [0.29, 0.717) is 23.6 Å². The number of allylic oxidation sites excluding steroid dienone is 3. The van der Waals surface area contributed by atoms with Gasteiger partial charge in [-0.1, -0.05) is 23.7 Å². The zero-order chi connectivity index (χ0) is 17.4. The summed E-state index contributed by atoms with van der Waals surface area (Å²) < 4.78 is 6.67. The van der Waals surface area contributed by atoms with E-state index in [1.165, 1.54) is 0 Å². The van der Waals surface area contributed by atoms with Gasteiger partial charge in [0, 0.05) is 17.4 Å². The van der Waals surface area contributed by atoms with E-state index in [1.54, 1.807) is 19.2 Å². The summed E-state index contributed by atoms with van der Waals surface area (Å²) in [6.45, 7) is 3.01. The van der Waals surface area contributed by atoms with Crippen LogP contribution in [0.15, 0.2) is 57.1 Å². The number of aromatic nitrogens is 1. The van der Waals surface area contributed by atoms with E-state index in [0.717, 1.165) is 5.57 Å². The molecule has 0 aliphatic carbocycles. The number of hydrogen-bond donors (Lipinski definition) is 1. The molecular weight excluding hydrogens is 348 g/mol. The lowest BCUT2D eigenvalue weighted by Gasteiger charge is -2.08. The smallest absolute Gasteiger partial charge is 0.413 e. The highest BCUT2D eigenvalue weighted by Gasteiger charge is 2.04. The van der Waals surface area contributed by atoms with Crippen LogP contribution in [-0.2, 0) is 11.3 Å². The Morgan fingerprint density at radius 1 is 1.50 bits per heavy atom. The Hall–Kier alpha value is -2.25. The molecule has 0 spiro atoms. The molecule has 1 aliphatic rings. The maximum Gasteiger partial charge on any atom is 0.413 e. The van der Waals surface area contributed by atoms with Gasteiger partial charge >= 0.3 is 6.09 Å². The Labute approximate surface area is 150 Å². The Morgan fingerprint density at radius 3 is 3.12 bits per heavy atom. The monoisotopic (exact) mass is 364 g/mol. The number of carbonyl (C=O) groups excluding carboxylic acids is 1. The minimum Gasteiger partial charge on any atom is -0.450 e. The van der Waals surface area contributed by atoms with Crippen molar-refractivity contribution in [2.75, 3.05) is 13.2 Å². The first kappa shape index (κ1) is 18.1. The van der Waals surface area contributed by atoms with Crippen molar-refractivity contribution in [1.29, 1.82) is 0 Å². The third-order valence-electron chi connectivity index (χ3n) is 2.95. The normalized spacial score (nSPS) is 14.5. The number of rotatable bonds is 3. The highest BCUT2D eigenvalue weighted by molar-refractivity contribution is 7.80. The third kappa shape index (κ3) is 5.75. The maximum absolute atomic E-state index is 11.4. The molecule has 0 unspecified atom stereocenters. The molecule has 0 bridgehead atoms. The van der Waals surface area contributed by atoms with E-state index >= 15 is 0 Å². The number of aliphatic imine (C=N–C) groups is 1. The first-order valence-electron chi connectivity index (χ1n) is 7.31. The minimum absolute atomic E-state index is 0.0415. The van der Waals surface area contributed by atoms with Gasteiger partial charge in [0.15, 0.2) is 0 Å². The van der Waals surface area contributed by atoms with Gasteiger partial charge in [0.05, 0.1) is 19.7 Å². The van der Waals surface area contributed by atoms with Gasteiger partial charge in [-0.15, -0.1) is 0 Å². The fraction of sp³-hybridized carbons (Fsp3) is 0.250. The number of ether oxygens (including phenoxy) is 1. The number of thiocarbonyl (C=S) groups is 1. The quantitative estimate of drug-likeness (QED) is 0.838. The average Bonchev–Trinajstić information content (AvgIpc) is 2.74. The summed E-state index contributed by atoms with van der Waals surface area (Å²) in [5.41, 5.74) is 1.58. The molecule has 2 heterocycles. The topological polar surface area (TPSA) is 68.0 Å². The van der Waals surface area contributed by atoms with Crippen molar-refractivity contribution in [1.82, 2.24) is 9.88 Å². The second kappa shape index (κ2) is 9.14. The molecule has 0 radical (unpaired) electrons. The summed E-state index contributed by atoms with van der Waals surface area (Å²) in [7, 11) is 0. The van der Waals surface area contributed by atoms with Gasteiger partial charge in [0.1, 0.15) is 5.49 Å². The van der Waals surface area contributed by atoms with Gasteiger partial charge in [-0.25, -0.2) is 9.79 Å². The summed E-state index contributed by atoms with van der Waals surface area (Å²) >= 11 is 11.0. The molecule has 0 saturated heterocycles. The average molecular weight is 365 g/mol. The lowest BCUT2D eigenvalue weighted by Crippen LogP contribution is -2.31. The SMILES string of the molecule is CCOC(=O)NC(=S)/N=c1\ccccn1CC1=CC=C(Cl)CN=C1. The molecule has 126 valence electrons. The largest absolute Gasteiger partial charge is 0.450 e. The number of carbonyl (C=O) groups is 1. The molecule has 1 N–H and O–H groups in total. The van der Waals surface area contributed by atoms with Gasteiger partial charge < -0.3 is 9.30 Å². The summed E-state index contributed by atoms with van der Waals surface area (Å²) in [5, 5.41) is 3.12. The second-order valence-electron chi connectivity index (χ2n) is 4.77. The van der Waals surface area contributed by atoms with Crippen LogP contribution < -0.4 is 10.8 Å². The number of nitrogens with one attached hydrogen (secondary N) is 1. The van der Waals surface area contributed by atoms with Crippen molar-refractivity contribution in [3.8, 4) is 0 Å². The van der Waals surface area contributed by atoms with Crippen LogP contribution in [0.5, 0.6) is 0 Å². The molecule has 0 fully saturated rings. The van der Waals surface area contributed by atoms with Crippen LogP contribution in [0, 0.1) is 0 Å². The van der Waals surface area contributed by atoms with Crippen LogP contribution in [0.3, 0.4) is 0 Å². The van der Waals surface area contributed by atoms with Gasteiger partial charge in [0.2, 0.25) is 5.11 Å². The number of pyridine rings is 1. The molecular formula is C16H17ClN4O2S. The lowest BCUT2D eigenvalue weighted by molar-refractivity contribution is 0.158. The van der Waals surface area contributed by atoms with Gasteiger partial charge in [-0.2, -0.15) is 0 Å². The fourth-order valence-electron chi connectivity index (χ4n) is 1.92. The predicted molar refractivity (Wildman–Crippen MR) is 98.1 cm³/mol. The molecule has 24 heavy (non-hydrogen) atoms. The van der Waals surface area contributed by atoms with E-state index in [2.05, 4.69) is 15.3 Å². The Bertz CT molecular complexity index is 780. The van der Waals surface area contributed by atoms with Gasteiger partial charge in [-0.3, -0.25) is 10.3 Å². The molecule has 6 nitrogen and oxygen atoms in total. The van der Waals surface area contributed by atoms with Crippen molar-refractivity contribution < 1.29 is 9.53 Å². The summed E-state index contributed by atoms with van der Waals surface area (Å²) in [5.74, 6) is 0. The molecule has 1 aromatic rings. The molecule has 2 rings (SSSR count). The number of hydrogen-bond acceptors (Lipinski definition) is 4. The molecule has 1 amide bonds. The van der Waals surface area contributed by atoms with E-state index in [1.807, 2.05) is 35.0 Å². The highest BCUT2D eigenvalue weighted by atomic mass is 35.5. The third-order valence-corrected chi connectivity index (χ3v) is 3.39. The van der Waals surface area contributed by atoms with Crippen LogP contribution in [0.1, 0.15) is 6.92 Å². The first-order valence-corrected chi connectivity index (χ1v) is 8.10. The van der Waals surface area contributed by atoms with E-state index in [4.69, 9.17) is 28.6 Å². The Kier molecular flexibility index (Phi) is 6.89. The summed E-state index contributed by atoms with van der Waals surface area (Å²) in [6, 6.07) is 5.53. The van der Waals surface area contributed by atoms with Crippen LogP contribution in [0.2, 0.25) is 0 Å². The molecule has 0 saturated carbocycles. The van der Waals surface area contributed by atoms with Crippen molar-refractivity contribution >= 4 is 41.2 Å². The summed E-state index contributed by atoms with van der Waals surface area (Å²) in [6.07, 6.45) is 6.78. The maximum atomic E-state index is 11.4. The number of nitrogens with zero attached hydrogens (tertiary/aromatic N) is 3. The van der Waals surface area contributed by atoms with Gasteiger partial charge in [-0.05, 0) is 42.9 Å². The zero-order valence-electron chi connectivity index (χ0n) is 13.1. The number of alkyl carbamates (subject to hydrolysis) is 1. The molecule has 0 atom stereocenters. The van der Waals surface area contributed by atoms with Crippen LogP contribution in [-0.4, -0.2) is 35.1 Å². The zero-order valence-corrected chi connectivity index (χ0v) is 14.7. The standard InChI is InChI=1S/C16H17ClN4O2S/c1-2-23-16(22)20-15(24)19-14-5-3-4-8-21(14)11-12-6-7-13(17)10-18-9-12/h3-9H,2,10-11H2,1H3,(H,20,22,24)/b19-14+. The van der Waals surface area contributed by atoms with Crippen molar-refractivity contribution in [2.45, 2.75) is 13.5 Å². The van der Waals surface area contributed by atoms with E-state index in [-0.39, 0.29) is 11.7 Å². The Morgan fingerprint density at radius 2 is 2.33 bits per heavy atom. The number of halogens is 1. The Balaban J connectivity index is 2.20. The second-order valence-corrected chi connectivity index (χ2v) is 5.65. The molecule has 1 aromatic heterocycles. The fourth-order valence-corrected chi connectivity index (χ4v) is 2.23. The first-order chi connectivity index (χ1) is 11.6. The van der Waals surface area contributed by atoms with Crippen LogP contribution in [0.25, 0.3) is 0 Å². The van der Waals surface area contributed by atoms with Crippen molar-refractivity contribution in [3.63, 3.8) is 0 Å². The molecule has 1 aliphatic heterocycles. The van der Waals surface area contributed by atoms with E-state index in [9.17, 15) is 4.79 Å². The van der Waals surface area contributed by atoms with Crippen LogP contribution in [0.4, 0.5) is 4.79 Å².